The van der Waals surface area contributed by atoms with Gasteiger partial charge in [-0.15, -0.1) is 0 Å². The van der Waals surface area contributed by atoms with E-state index in [1.54, 1.807) is 6.26 Å². The highest BCUT2D eigenvalue weighted by molar-refractivity contribution is 5.82. The van der Waals surface area contributed by atoms with Crippen molar-refractivity contribution in [2.75, 3.05) is 13.2 Å². The van der Waals surface area contributed by atoms with Crippen LogP contribution in [0.5, 0.6) is 0 Å². The van der Waals surface area contributed by atoms with E-state index in [0.717, 1.165) is 44.6 Å². The second kappa shape index (κ2) is 5.14. The third-order valence-electron chi connectivity index (χ3n) is 3.83. The number of furan rings is 1. The summed E-state index contributed by atoms with van der Waals surface area (Å²) in [5, 5.41) is 3.00. The molecule has 3 atom stereocenters. The summed E-state index contributed by atoms with van der Waals surface area (Å²) in [7, 11) is 0. The highest BCUT2D eigenvalue weighted by Gasteiger charge is 2.45. The maximum atomic E-state index is 11.9. The summed E-state index contributed by atoms with van der Waals surface area (Å²) in [6, 6.07) is 3.82. The Balaban J connectivity index is 1.38. The van der Waals surface area contributed by atoms with Crippen molar-refractivity contribution in [3.63, 3.8) is 0 Å². The summed E-state index contributed by atoms with van der Waals surface area (Å²) < 4.78 is 10.8. The van der Waals surface area contributed by atoms with Gasteiger partial charge in [0.2, 0.25) is 5.91 Å². The van der Waals surface area contributed by atoms with E-state index in [-0.39, 0.29) is 11.8 Å². The molecule has 1 saturated carbocycles. The Morgan fingerprint density at radius 2 is 2.44 bits per heavy atom. The summed E-state index contributed by atoms with van der Waals surface area (Å²) in [5.74, 6) is 1.51. The second-order valence-electron chi connectivity index (χ2n) is 5.18. The quantitative estimate of drug-likeness (QED) is 0.869. The molecule has 0 unspecified atom stereocenters. The van der Waals surface area contributed by atoms with Gasteiger partial charge in [0.05, 0.1) is 12.4 Å². The van der Waals surface area contributed by atoms with Crippen molar-refractivity contribution in [3.05, 3.63) is 24.2 Å². The van der Waals surface area contributed by atoms with Gasteiger partial charge >= 0.3 is 0 Å². The standard InChI is InChI=1S/C14H19NO3/c16-14(15-6-5-10-3-1-7-17-10)12-9-11(12)13-4-2-8-18-13/h2,4,8,10-12H,1,3,5-7,9H2,(H,15,16)/t10-,11+,12+/m0/s1. The molecule has 1 saturated heterocycles. The minimum absolute atomic E-state index is 0.112. The molecule has 2 fully saturated rings. The Bertz CT molecular complexity index is 395. The average molecular weight is 249 g/mol. The molecule has 0 radical (unpaired) electrons. The van der Waals surface area contributed by atoms with Crippen molar-refractivity contribution in [1.82, 2.24) is 5.32 Å². The first-order valence-corrected chi connectivity index (χ1v) is 6.77. The van der Waals surface area contributed by atoms with Crippen molar-refractivity contribution in [2.24, 2.45) is 5.92 Å². The highest BCUT2D eigenvalue weighted by atomic mass is 16.5. The molecule has 0 spiro atoms. The molecule has 2 heterocycles. The number of rotatable bonds is 5. The second-order valence-corrected chi connectivity index (χ2v) is 5.18. The van der Waals surface area contributed by atoms with Gasteiger partial charge in [0.25, 0.3) is 0 Å². The number of hydrogen-bond donors (Lipinski definition) is 1. The SMILES string of the molecule is O=C(NCC[C@@H]1CCCO1)[C@@H]1C[C@H]1c1ccco1. The Kier molecular flexibility index (Phi) is 3.37. The number of nitrogens with one attached hydrogen (secondary N) is 1. The fourth-order valence-corrected chi connectivity index (χ4v) is 2.66. The minimum atomic E-state index is 0.112. The van der Waals surface area contributed by atoms with Gasteiger partial charge in [-0.3, -0.25) is 4.79 Å². The highest BCUT2D eigenvalue weighted by Crippen LogP contribution is 2.47. The van der Waals surface area contributed by atoms with E-state index in [4.69, 9.17) is 9.15 Å². The van der Waals surface area contributed by atoms with E-state index in [1.165, 1.54) is 0 Å². The van der Waals surface area contributed by atoms with Crippen LogP contribution < -0.4 is 5.32 Å². The van der Waals surface area contributed by atoms with Crippen LogP contribution in [0.15, 0.2) is 22.8 Å². The lowest BCUT2D eigenvalue weighted by molar-refractivity contribution is -0.122. The molecule has 4 nitrogen and oxygen atoms in total. The summed E-state index contributed by atoms with van der Waals surface area (Å²) in [4.78, 5) is 11.9. The van der Waals surface area contributed by atoms with Crippen LogP contribution in [-0.4, -0.2) is 25.2 Å². The first-order valence-electron chi connectivity index (χ1n) is 6.77. The monoisotopic (exact) mass is 249 g/mol. The minimum Gasteiger partial charge on any atom is -0.469 e. The van der Waals surface area contributed by atoms with Crippen LogP contribution in [0.1, 0.15) is 37.4 Å². The van der Waals surface area contributed by atoms with Crippen molar-refractivity contribution >= 4 is 5.91 Å². The largest absolute Gasteiger partial charge is 0.469 e. The number of carbonyl (C=O) groups excluding carboxylic acids is 1. The maximum Gasteiger partial charge on any atom is 0.223 e. The molecule has 98 valence electrons. The first kappa shape index (κ1) is 11.8. The number of amides is 1. The molecule has 1 aromatic rings. The lowest BCUT2D eigenvalue weighted by Gasteiger charge is -2.09. The molecule has 0 aromatic carbocycles. The molecule has 1 aromatic heterocycles. The van der Waals surface area contributed by atoms with Gasteiger partial charge in [-0.1, -0.05) is 0 Å². The Morgan fingerprint density at radius 1 is 1.50 bits per heavy atom. The smallest absolute Gasteiger partial charge is 0.223 e. The summed E-state index contributed by atoms with van der Waals surface area (Å²) in [6.07, 6.45) is 6.16. The van der Waals surface area contributed by atoms with E-state index in [1.807, 2.05) is 12.1 Å². The molecular formula is C14H19NO3. The van der Waals surface area contributed by atoms with E-state index in [0.29, 0.717) is 12.0 Å². The zero-order valence-electron chi connectivity index (χ0n) is 10.4. The molecule has 4 heteroatoms. The zero-order valence-corrected chi connectivity index (χ0v) is 10.4. The third kappa shape index (κ3) is 2.58. The first-order chi connectivity index (χ1) is 8.84. The van der Waals surface area contributed by atoms with Crippen LogP contribution in [0.25, 0.3) is 0 Å². The average Bonchev–Trinajstić information content (AvgIpc) is 2.84. The van der Waals surface area contributed by atoms with Crippen molar-refractivity contribution in [3.8, 4) is 0 Å². The van der Waals surface area contributed by atoms with Crippen LogP contribution >= 0.6 is 0 Å². The van der Waals surface area contributed by atoms with Crippen molar-refractivity contribution in [1.29, 1.82) is 0 Å². The van der Waals surface area contributed by atoms with Gasteiger partial charge in [-0.2, -0.15) is 0 Å². The molecule has 1 amide bonds. The molecule has 1 aliphatic carbocycles. The maximum absolute atomic E-state index is 11.9. The third-order valence-corrected chi connectivity index (χ3v) is 3.83. The molecule has 18 heavy (non-hydrogen) atoms. The fraction of sp³-hybridized carbons (Fsp3) is 0.643. The fourth-order valence-electron chi connectivity index (χ4n) is 2.66. The molecule has 3 rings (SSSR count). The summed E-state index contributed by atoms with van der Waals surface area (Å²) in [6.45, 7) is 1.60. The Labute approximate surface area is 107 Å². The van der Waals surface area contributed by atoms with Crippen LogP contribution in [-0.2, 0) is 9.53 Å². The summed E-state index contributed by atoms with van der Waals surface area (Å²) >= 11 is 0. The molecule has 2 aliphatic rings. The predicted molar refractivity (Wildman–Crippen MR) is 66.2 cm³/mol. The van der Waals surface area contributed by atoms with Crippen LogP contribution in [0.4, 0.5) is 0 Å². The van der Waals surface area contributed by atoms with Crippen molar-refractivity contribution in [2.45, 2.75) is 37.7 Å². The molecular weight excluding hydrogens is 230 g/mol. The lowest BCUT2D eigenvalue weighted by atomic mass is 10.2. The number of hydrogen-bond acceptors (Lipinski definition) is 3. The van der Waals surface area contributed by atoms with Gasteiger partial charge in [-0.05, 0) is 37.8 Å². The topological polar surface area (TPSA) is 51.5 Å². The van der Waals surface area contributed by atoms with Gasteiger partial charge in [0.1, 0.15) is 5.76 Å². The Hall–Kier alpha value is -1.29. The van der Waals surface area contributed by atoms with Crippen LogP contribution in [0, 0.1) is 5.92 Å². The van der Waals surface area contributed by atoms with Crippen molar-refractivity contribution < 1.29 is 13.9 Å². The Morgan fingerprint density at radius 3 is 3.17 bits per heavy atom. The van der Waals surface area contributed by atoms with Gasteiger partial charge in [0, 0.05) is 25.0 Å². The zero-order chi connectivity index (χ0) is 12.4. The molecule has 1 N–H and O–H groups in total. The van der Waals surface area contributed by atoms with Crippen LogP contribution in [0.3, 0.4) is 0 Å². The predicted octanol–water partition coefficient (Wildman–Crippen LogP) is 2.07. The molecule has 1 aliphatic heterocycles. The number of carbonyl (C=O) groups is 1. The van der Waals surface area contributed by atoms with Gasteiger partial charge in [-0.25, -0.2) is 0 Å². The number of ether oxygens (including phenoxy) is 1. The summed E-state index contributed by atoms with van der Waals surface area (Å²) in [5.41, 5.74) is 0. The van der Waals surface area contributed by atoms with E-state index in [9.17, 15) is 4.79 Å². The van der Waals surface area contributed by atoms with Crippen LogP contribution in [0.2, 0.25) is 0 Å². The van der Waals surface area contributed by atoms with E-state index in [2.05, 4.69) is 5.32 Å². The van der Waals surface area contributed by atoms with Gasteiger partial charge < -0.3 is 14.5 Å². The van der Waals surface area contributed by atoms with Gasteiger partial charge in [0.15, 0.2) is 0 Å². The normalized spacial score (nSPS) is 30.3. The van der Waals surface area contributed by atoms with E-state index >= 15 is 0 Å². The lowest BCUT2D eigenvalue weighted by Crippen LogP contribution is -2.28. The van der Waals surface area contributed by atoms with E-state index < -0.39 is 0 Å². The molecule has 0 bridgehead atoms.